The van der Waals surface area contributed by atoms with E-state index in [1.165, 1.54) is 6.07 Å². The van der Waals surface area contributed by atoms with Gasteiger partial charge in [-0.05, 0) is 44.7 Å². The molecule has 9 heteroatoms. The van der Waals surface area contributed by atoms with Crippen LogP contribution in [-0.4, -0.2) is 59.3 Å². The van der Waals surface area contributed by atoms with Crippen LogP contribution in [0.3, 0.4) is 0 Å². The molecule has 1 aromatic heterocycles. The summed E-state index contributed by atoms with van der Waals surface area (Å²) >= 11 is 1.78. The van der Waals surface area contributed by atoms with Crippen molar-refractivity contribution in [2.24, 2.45) is 5.92 Å². The summed E-state index contributed by atoms with van der Waals surface area (Å²) in [4.78, 5) is 32.2. The predicted octanol–water partition coefficient (Wildman–Crippen LogP) is 3.32. The summed E-state index contributed by atoms with van der Waals surface area (Å²) in [6.07, 6.45) is 4.80. The number of aromatic amines is 1. The number of carbonyl (C=O) groups is 1. The normalized spacial score (nSPS) is 17.7. The number of piperidine rings is 2. The molecule has 0 bridgehead atoms. The van der Waals surface area contributed by atoms with Crippen molar-refractivity contribution in [2.75, 3.05) is 32.8 Å². The molecular weight excluding hydrogens is 431 g/mol. The molecule has 2 aliphatic heterocycles. The van der Waals surface area contributed by atoms with Gasteiger partial charge in [-0.25, -0.2) is 9.37 Å². The van der Waals surface area contributed by atoms with Crippen molar-refractivity contribution >= 4 is 29.1 Å². The third-order valence-electron chi connectivity index (χ3n) is 5.81. The van der Waals surface area contributed by atoms with Crippen LogP contribution in [0.1, 0.15) is 45.4 Å². The SMILES string of the molecule is CC.O=CN1CCC(COc2cc(F)c3c(=O)[nH]c(CSC4CCNCC4)nc3c2)CC1. The number of likely N-dealkylation sites (tertiary alicyclic amines) is 1. The zero-order valence-corrected chi connectivity index (χ0v) is 19.7. The summed E-state index contributed by atoms with van der Waals surface area (Å²) in [6, 6.07) is 2.90. The lowest BCUT2D eigenvalue weighted by atomic mass is 9.98. The van der Waals surface area contributed by atoms with Crippen molar-refractivity contribution in [1.29, 1.82) is 0 Å². The molecule has 32 heavy (non-hydrogen) atoms. The number of H-pyrrole nitrogens is 1. The summed E-state index contributed by atoms with van der Waals surface area (Å²) in [5.74, 6) is 1.24. The van der Waals surface area contributed by atoms with E-state index in [0.29, 0.717) is 40.6 Å². The highest BCUT2D eigenvalue weighted by molar-refractivity contribution is 7.99. The molecule has 1 aromatic carbocycles. The lowest BCUT2D eigenvalue weighted by Gasteiger charge is -2.29. The third-order valence-corrected chi connectivity index (χ3v) is 7.19. The van der Waals surface area contributed by atoms with Crippen molar-refractivity contribution in [3.05, 3.63) is 34.1 Å². The molecule has 2 aromatic rings. The van der Waals surface area contributed by atoms with E-state index in [2.05, 4.69) is 15.3 Å². The van der Waals surface area contributed by atoms with E-state index in [4.69, 9.17) is 4.74 Å². The first-order chi connectivity index (χ1) is 15.6. The number of aromatic nitrogens is 2. The number of hydrogen-bond donors (Lipinski definition) is 2. The maximum Gasteiger partial charge on any atom is 0.261 e. The quantitative estimate of drug-likeness (QED) is 0.612. The smallest absolute Gasteiger partial charge is 0.261 e. The van der Waals surface area contributed by atoms with Crippen molar-refractivity contribution < 1.29 is 13.9 Å². The molecule has 2 aliphatic rings. The number of rotatable bonds is 7. The number of ether oxygens (including phenoxy) is 1. The molecule has 0 atom stereocenters. The van der Waals surface area contributed by atoms with Crippen LogP contribution in [0.4, 0.5) is 4.39 Å². The zero-order chi connectivity index (χ0) is 22.9. The number of fused-ring (bicyclic) bond motifs is 1. The van der Waals surface area contributed by atoms with Crippen LogP contribution < -0.4 is 15.6 Å². The summed E-state index contributed by atoms with van der Waals surface area (Å²) in [5, 5.41) is 3.85. The minimum absolute atomic E-state index is 0.0303. The van der Waals surface area contributed by atoms with E-state index in [0.717, 1.165) is 58.3 Å². The van der Waals surface area contributed by atoms with E-state index in [-0.39, 0.29) is 5.39 Å². The number of carbonyl (C=O) groups excluding carboxylic acids is 1. The fourth-order valence-electron chi connectivity index (χ4n) is 4.00. The fraction of sp³-hybridized carbons (Fsp3) is 0.609. The highest BCUT2D eigenvalue weighted by Crippen LogP contribution is 2.26. The Morgan fingerprint density at radius 1 is 1.22 bits per heavy atom. The molecule has 2 saturated heterocycles. The van der Waals surface area contributed by atoms with Crippen LogP contribution >= 0.6 is 11.8 Å². The second-order valence-electron chi connectivity index (χ2n) is 7.97. The maximum absolute atomic E-state index is 14.6. The lowest BCUT2D eigenvalue weighted by Crippen LogP contribution is -2.34. The number of nitrogens with one attached hydrogen (secondary N) is 2. The summed E-state index contributed by atoms with van der Waals surface area (Å²) in [5.41, 5.74) is -0.128. The number of benzene rings is 1. The van der Waals surface area contributed by atoms with Gasteiger partial charge in [0.25, 0.3) is 5.56 Å². The van der Waals surface area contributed by atoms with Gasteiger partial charge < -0.3 is 19.9 Å². The van der Waals surface area contributed by atoms with Crippen LogP contribution in [-0.2, 0) is 10.5 Å². The van der Waals surface area contributed by atoms with E-state index >= 15 is 0 Å². The van der Waals surface area contributed by atoms with E-state index in [1.54, 1.807) is 22.7 Å². The first-order valence-electron chi connectivity index (χ1n) is 11.5. The van der Waals surface area contributed by atoms with Gasteiger partial charge in [0.05, 0.1) is 17.9 Å². The molecule has 4 rings (SSSR count). The third kappa shape index (κ3) is 6.45. The van der Waals surface area contributed by atoms with Crippen molar-refractivity contribution in [3.8, 4) is 5.75 Å². The standard InChI is InChI=1S/C21H27FN4O3S.C2H6/c22-17-9-15(29-11-14-3-7-26(13-27)8-4-14)10-18-20(17)21(28)25-19(24-18)12-30-16-1-5-23-6-2-16;1-2/h9-10,13-14,16,23H,1-8,11-12H2,(H,24,25,28);1-2H3. The highest BCUT2D eigenvalue weighted by atomic mass is 32.2. The van der Waals surface area contributed by atoms with Gasteiger partial charge in [-0.1, -0.05) is 13.8 Å². The fourth-order valence-corrected chi connectivity index (χ4v) is 5.10. The summed E-state index contributed by atoms with van der Waals surface area (Å²) in [6.45, 7) is 7.93. The molecule has 2 N–H and O–H groups in total. The van der Waals surface area contributed by atoms with E-state index in [1.807, 2.05) is 13.8 Å². The Morgan fingerprint density at radius 2 is 1.94 bits per heavy atom. The molecule has 0 unspecified atom stereocenters. The average Bonchev–Trinajstić information content (AvgIpc) is 2.83. The molecule has 1 amide bonds. The van der Waals surface area contributed by atoms with E-state index < -0.39 is 11.4 Å². The van der Waals surface area contributed by atoms with Gasteiger partial charge in [0.1, 0.15) is 22.8 Å². The monoisotopic (exact) mass is 464 g/mol. The number of hydrogen-bond acceptors (Lipinski definition) is 6. The largest absolute Gasteiger partial charge is 0.493 e. The molecule has 0 aliphatic carbocycles. The van der Waals surface area contributed by atoms with Crippen LogP contribution in [0, 0.1) is 11.7 Å². The minimum atomic E-state index is -0.621. The van der Waals surface area contributed by atoms with Gasteiger partial charge in [0.2, 0.25) is 6.41 Å². The summed E-state index contributed by atoms with van der Waals surface area (Å²) < 4.78 is 20.4. The van der Waals surface area contributed by atoms with Gasteiger partial charge in [0.15, 0.2) is 0 Å². The number of amides is 1. The van der Waals surface area contributed by atoms with Gasteiger partial charge in [-0.2, -0.15) is 11.8 Å². The Balaban J connectivity index is 0.00000141. The van der Waals surface area contributed by atoms with Gasteiger partial charge >= 0.3 is 0 Å². The zero-order valence-electron chi connectivity index (χ0n) is 18.9. The maximum atomic E-state index is 14.6. The molecule has 0 spiro atoms. The lowest BCUT2D eigenvalue weighted by molar-refractivity contribution is -0.119. The molecule has 0 saturated carbocycles. The minimum Gasteiger partial charge on any atom is -0.493 e. The molecule has 176 valence electrons. The van der Waals surface area contributed by atoms with Crippen molar-refractivity contribution in [3.63, 3.8) is 0 Å². The molecule has 2 fully saturated rings. The van der Waals surface area contributed by atoms with Crippen LogP contribution in [0.5, 0.6) is 5.75 Å². The first kappa shape index (κ1) is 24.5. The van der Waals surface area contributed by atoms with Crippen LogP contribution in [0.15, 0.2) is 16.9 Å². The number of nitrogens with zero attached hydrogens (tertiary/aromatic N) is 2. The molecule has 3 heterocycles. The highest BCUT2D eigenvalue weighted by Gasteiger charge is 2.20. The Morgan fingerprint density at radius 3 is 2.62 bits per heavy atom. The molecule has 7 nitrogen and oxygen atoms in total. The Labute approximate surface area is 192 Å². The van der Waals surface area contributed by atoms with Gasteiger partial charge in [-0.3, -0.25) is 9.59 Å². The second-order valence-corrected chi connectivity index (χ2v) is 9.26. The van der Waals surface area contributed by atoms with E-state index in [9.17, 15) is 14.0 Å². The van der Waals surface area contributed by atoms with Crippen molar-refractivity contribution in [1.82, 2.24) is 20.2 Å². The summed E-state index contributed by atoms with van der Waals surface area (Å²) in [7, 11) is 0. The topological polar surface area (TPSA) is 87.3 Å². The van der Waals surface area contributed by atoms with Gasteiger partial charge in [0, 0.05) is 30.5 Å². The van der Waals surface area contributed by atoms with Crippen molar-refractivity contribution in [2.45, 2.75) is 50.5 Å². The van der Waals surface area contributed by atoms with Crippen LogP contribution in [0.25, 0.3) is 10.9 Å². The number of halogens is 1. The Kier molecular flexibility index (Phi) is 9.35. The predicted molar refractivity (Wildman–Crippen MR) is 127 cm³/mol. The average molecular weight is 465 g/mol. The second kappa shape index (κ2) is 12.2. The number of thioether (sulfide) groups is 1. The Hall–Kier alpha value is -2.13. The first-order valence-corrected chi connectivity index (χ1v) is 12.5. The van der Waals surface area contributed by atoms with Gasteiger partial charge in [-0.15, -0.1) is 0 Å². The Bertz CT molecular complexity index is 941. The van der Waals surface area contributed by atoms with Crippen LogP contribution in [0.2, 0.25) is 0 Å². The molecular formula is C23H33FN4O3S. The molecule has 0 radical (unpaired) electrons.